The standard InChI is InChI=1S/C17H25ClN2O2/c1-5-14-13(16(18)20(4)19-14)9-8-12-7-6-11(10-21)15(22)17(12,2)3/h10,12,21H,5-9H2,1-4H3/b11-10-/t12-/m0/s1. The fourth-order valence-corrected chi connectivity index (χ4v) is 3.72. The van der Waals surface area contributed by atoms with Crippen LogP contribution in [-0.4, -0.2) is 20.7 Å². The molecule has 0 saturated heterocycles. The summed E-state index contributed by atoms with van der Waals surface area (Å²) in [6.07, 6.45) is 5.17. The predicted octanol–water partition coefficient (Wildman–Crippen LogP) is 4.02. The van der Waals surface area contributed by atoms with E-state index in [1.54, 1.807) is 4.68 Å². The number of aliphatic hydroxyl groups excluding tert-OH is 1. The molecule has 0 aromatic carbocycles. The number of carbonyl (C=O) groups is 1. The Labute approximate surface area is 137 Å². The van der Waals surface area contributed by atoms with Crippen molar-refractivity contribution in [1.29, 1.82) is 0 Å². The molecule has 122 valence electrons. The summed E-state index contributed by atoms with van der Waals surface area (Å²) in [5.74, 6) is 0.365. The summed E-state index contributed by atoms with van der Waals surface area (Å²) >= 11 is 6.35. The van der Waals surface area contributed by atoms with Gasteiger partial charge in [0, 0.05) is 23.6 Å². The molecule has 1 saturated carbocycles. The van der Waals surface area contributed by atoms with Gasteiger partial charge in [0.15, 0.2) is 5.78 Å². The Morgan fingerprint density at radius 3 is 2.77 bits per heavy atom. The Bertz CT molecular complexity index is 602. The Morgan fingerprint density at radius 1 is 1.50 bits per heavy atom. The van der Waals surface area contributed by atoms with E-state index in [0.717, 1.165) is 43.2 Å². The number of aromatic nitrogens is 2. The number of aryl methyl sites for hydroxylation is 2. The molecule has 0 unspecified atom stereocenters. The lowest BCUT2D eigenvalue weighted by atomic mass is 9.64. The van der Waals surface area contributed by atoms with Crippen molar-refractivity contribution in [2.24, 2.45) is 18.4 Å². The molecular weight excluding hydrogens is 300 g/mol. The monoisotopic (exact) mass is 324 g/mol. The topological polar surface area (TPSA) is 55.1 Å². The second kappa shape index (κ2) is 6.45. The second-order valence-electron chi connectivity index (χ2n) is 6.67. The van der Waals surface area contributed by atoms with E-state index in [2.05, 4.69) is 12.0 Å². The van der Waals surface area contributed by atoms with Crippen LogP contribution in [0.3, 0.4) is 0 Å². The maximum atomic E-state index is 12.4. The molecule has 0 radical (unpaired) electrons. The predicted molar refractivity (Wildman–Crippen MR) is 88.1 cm³/mol. The molecule has 1 N–H and O–H groups in total. The molecule has 22 heavy (non-hydrogen) atoms. The van der Waals surface area contributed by atoms with Crippen molar-refractivity contribution in [2.75, 3.05) is 0 Å². The van der Waals surface area contributed by atoms with E-state index < -0.39 is 5.41 Å². The summed E-state index contributed by atoms with van der Waals surface area (Å²) in [6, 6.07) is 0. The molecule has 1 fully saturated rings. The zero-order valence-electron chi connectivity index (χ0n) is 13.8. The smallest absolute Gasteiger partial charge is 0.167 e. The molecule has 1 aromatic rings. The van der Waals surface area contributed by atoms with Gasteiger partial charge in [0.05, 0.1) is 12.0 Å². The Balaban J connectivity index is 2.14. The van der Waals surface area contributed by atoms with Crippen molar-refractivity contribution in [1.82, 2.24) is 9.78 Å². The number of nitrogens with zero attached hydrogens (tertiary/aromatic N) is 2. The molecule has 1 aromatic heterocycles. The maximum absolute atomic E-state index is 12.4. The number of hydrogen-bond acceptors (Lipinski definition) is 3. The number of hydrogen-bond donors (Lipinski definition) is 1. The van der Waals surface area contributed by atoms with E-state index in [-0.39, 0.29) is 5.78 Å². The highest BCUT2D eigenvalue weighted by Crippen LogP contribution is 2.43. The van der Waals surface area contributed by atoms with Crippen LogP contribution in [0.15, 0.2) is 11.8 Å². The minimum absolute atomic E-state index is 0.0687. The summed E-state index contributed by atoms with van der Waals surface area (Å²) in [5.41, 5.74) is 2.27. The zero-order valence-corrected chi connectivity index (χ0v) is 14.6. The summed E-state index contributed by atoms with van der Waals surface area (Å²) in [6.45, 7) is 6.04. The maximum Gasteiger partial charge on any atom is 0.167 e. The van der Waals surface area contributed by atoms with E-state index in [1.807, 2.05) is 20.9 Å². The fourth-order valence-electron chi connectivity index (χ4n) is 3.48. The molecule has 4 nitrogen and oxygen atoms in total. The molecule has 0 bridgehead atoms. The van der Waals surface area contributed by atoms with Gasteiger partial charge in [0.25, 0.3) is 0 Å². The first-order valence-corrected chi connectivity index (χ1v) is 8.29. The van der Waals surface area contributed by atoms with Crippen LogP contribution in [-0.2, 0) is 24.7 Å². The van der Waals surface area contributed by atoms with Crippen molar-refractivity contribution in [2.45, 2.75) is 52.9 Å². The number of carbonyl (C=O) groups excluding carboxylic acids is 1. The molecule has 2 rings (SSSR count). The van der Waals surface area contributed by atoms with Gasteiger partial charge in [-0.25, -0.2) is 0 Å². The van der Waals surface area contributed by atoms with Crippen LogP contribution in [0.2, 0.25) is 5.15 Å². The van der Waals surface area contributed by atoms with Crippen molar-refractivity contribution >= 4 is 17.4 Å². The highest BCUT2D eigenvalue weighted by Gasteiger charge is 2.41. The average molecular weight is 325 g/mol. The molecule has 0 spiro atoms. The van der Waals surface area contributed by atoms with Gasteiger partial charge in [-0.1, -0.05) is 32.4 Å². The SMILES string of the molecule is CCc1nn(C)c(Cl)c1CC[C@@H]1CC/C(=C/O)C(=O)C1(C)C. The van der Waals surface area contributed by atoms with E-state index >= 15 is 0 Å². The quantitative estimate of drug-likeness (QED) is 0.672. The van der Waals surface area contributed by atoms with E-state index in [1.165, 1.54) is 0 Å². The summed E-state index contributed by atoms with van der Waals surface area (Å²) in [7, 11) is 1.86. The normalized spacial score (nSPS) is 23.2. The van der Waals surface area contributed by atoms with Gasteiger partial charge >= 0.3 is 0 Å². The number of halogens is 1. The number of rotatable bonds is 4. The third kappa shape index (κ3) is 2.94. The molecule has 1 heterocycles. The van der Waals surface area contributed by atoms with Crippen LogP contribution in [0.1, 0.15) is 51.3 Å². The van der Waals surface area contributed by atoms with Crippen LogP contribution in [0.4, 0.5) is 0 Å². The van der Waals surface area contributed by atoms with Crippen molar-refractivity contribution in [3.8, 4) is 0 Å². The van der Waals surface area contributed by atoms with Crippen LogP contribution >= 0.6 is 11.6 Å². The molecule has 1 aliphatic carbocycles. The first kappa shape index (κ1) is 17.1. The van der Waals surface area contributed by atoms with Gasteiger partial charge in [-0.05, 0) is 38.0 Å². The summed E-state index contributed by atoms with van der Waals surface area (Å²) in [4.78, 5) is 12.4. The van der Waals surface area contributed by atoms with Gasteiger partial charge in [-0.2, -0.15) is 5.10 Å². The number of allylic oxidation sites excluding steroid dienone is 1. The van der Waals surface area contributed by atoms with Gasteiger partial charge in [-0.3, -0.25) is 9.48 Å². The van der Waals surface area contributed by atoms with Crippen molar-refractivity contribution < 1.29 is 9.90 Å². The minimum atomic E-state index is -0.437. The van der Waals surface area contributed by atoms with E-state index in [0.29, 0.717) is 23.1 Å². The van der Waals surface area contributed by atoms with Crippen LogP contribution in [0.25, 0.3) is 0 Å². The molecule has 1 atom stereocenters. The third-order valence-electron chi connectivity index (χ3n) is 5.05. The van der Waals surface area contributed by atoms with Gasteiger partial charge in [0.2, 0.25) is 0 Å². The minimum Gasteiger partial charge on any atom is -0.515 e. The molecule has 5 heteroatoms. The second-order valence-corrected chi connectivity index (χ2v) is 7.03. The van der Waals surface area contributed by atoms with E-state index in [4.69, 9.17) is 11.6 Å². The first-order chi connectivity index (χ1) is 10.3. The lowest BCUT2D eigenvalue weighted by molar-refractivity contribution is -0.128. The highest BCUT2D eigenvalue weighted by atomic mass is 35.5. The Hall–Kier alpha value is -1.29. The average Bonchev–Trinajstić information content (AvgIpc) is 2.76. The van der Waals surface area contributed by atoms with Crippen LogP contribution < -0.4 is 0 Å². The molecule has 0 aliphatic heterocycles. The van der Waals surface area contributed by atoms with Crippen molar-refractivity contribution in [3.63, 3.8) is 0 Å². The molecule has 1 aliphatic rings. The van der Waals surface area contributed by atoms with E-state index in [9.17, 15) is 9.90 Å². The van der Waals surface area contributed by atoms with Crippen LogP contribution in [0, 0.1) is 11.3 Å². The van der Waals surface area contributed by atoms with Gasteiger partial charge < -0.3 is 5.11 Å². The lowest BCUT2D eigenvalue weighted by Crippen LogP contribution is -2.38. The highest BCUT2D eigenvalue weighted by molar-refractivity contribution is 6.30. The zero-order chi connectivity index (χ0) is 16.5. The Morgan fingerprint density at radius 2 is 2.18 bits per heavy atom. The third-order valence-corrected chi connectivity index (χ3v) is 5.52. The molecule has 0 amide bonds. The first-order valence-electron chi connectivity index (χ1n) is 7.91. The van der Waals surface area contributed by atoms with Gasteiger partial charge in [0.1, 0.15) is 5.15 Å². The largest absolute Gasteiger partial charge is 0.515 e. The summed E-state index contributed by atoms with van der Waals surface area (Å²) in [5, 5.41) is 14.3. The number of ketones is 1. The molecular formula is C17H25ClN2O2. The Kier molecular flexibility index (Phi) is 5.00. The fraction of sp³-hybridized carbons (Fsp3) is 0.647. The number of aliphatic hydroxyl groups is 1. The lowest BCUT2D eigenvalue weighted by Gasteiger charge is -2.38. The van der Waals surface area contributed by atoms with Crippen LogP contribution in [0.5, 0.6) is 0 Å². The van der Waals surface area contributed by atoms with Crippen molar-refractivity contribution in [3.05, 3.63) is 28.2 Å². The summed E-state index contributed by atoms with van der Waals surface area (Å²) < 4.78 is 1.72. The number of Topliss-reactive ketones (excluding diaryl/α,β-unsaturated/α-hetero) is 1. The van der Waals surface area contributed by atoms with Gasteiger partial charge in [-0.15, -0.1) is 0 Å².